The maximum absolute atomic E-state index is 11.4. The van der Waals surface area contributed by atoms with Crippen LogP contribution < -0.4 is 10.1 Å². The summed E-state index contributed by atoms with van der Waals surface area (Å²) in [6.07, 6.45) is 6.12. The highest BCUT2D eigenvalue weighted by molar-refractivity contribution is 7.90. The van der Waals surface area contributed by atoms with Crippen LogP contribution in [0.4, 0.5) is 5.69 Å². The molecule has 0 amide bonds. The number of sulfone groups is 1. The summed E-state index contributed by atoms with van der Waals surface area (Å²) >= 11 is 0. The summed E-state index contributed by atoms with van der Waals surface area (Å²) in [6, 6.07) is 3.91. The number of rotatable bonds is 4. The second-order valence-corrected chi connectivity index (χ2v) is 5.11. The van der Waals surface area contributed by atoms with Crippen molar-refractivity contribution in [3.8, 4) is 18.1 Å². The van der Waals surface area contributed by atoms with Crippen molar-refractivity contribution in [1.82, 2.24) is 0 Å². The molecule has 0 aromatic heterocycles. The van der Waals surface area contributed by atoms with Gasteiger partial charge >= 0.3 is 0 Å². The molecule has 0 bridgehead atoms. The first-order valence-electron chi connectivity index (χ1n) is 5.84. The molecule has 1 rings (SSSR count). The Morgan fingerprint density at radius 3 is 2.94 bits per heavy atom. The number of methoxy groups -OCH3 is 1. The molecule has 0 aliphatic rings. The topological polar surface area (TPSA) is 55.4 Å². The highest BCUT2D eigenvalue weighted by atomic mass is 32.2. The largest absolute Gasteiger partial charge is 0.495 e. The van der Waals surface area contributed by atoms with Crippen molar-refractivity contribution in [2.45, 2.75) is 4.90 Å². The van der Waals surface area contributed by atoms with Crippen molar-refractivity contribution in [3.05, 3.63) is 18.2 Å². The molecule has 0 unspecified atom stereocenters. The molecular weight excluding hydrogens is 226 g/mol. The molecule has 1 aromatic carbocycles. The SMILES string of the molecule is [2H]C([2H])([2H])Oc1cc(S(C)(=O)=O)ccc1NCC#C. The molecule has 0 spiro atoms. The molecule has 1 N–H and O–H groups in total. The number of benzene rings is 1. The first-order valence-corrected chi connectivity index (χ1v) is 6.23. The van der Waals surface area contributed by atoms with Crippen molar-refractivity contribution in [2.24, 2.45) is 0 Å². The van der Waals surface area contributed by atoms with Gasteiger partial charge in [-0.25, -0.2) is 8.42 Å². The molecular formula is C11H13NO3S. The lowest BCUT2D eigenvalue weighted by molar-refractivity contribution is 0.415. The molecule has 0 atom stereocenters. The zero-order valence-corrected chi connectivity index (χ0v) is 9.47. The second kappa shape index (κ2) is 4.90. The summed E-state index contributed by atoms with van der Waals surface area (Å²) in [7, 11) is -6.13. The summed E-state index contributed by atoms with van der Waals surface area (Å²) in [4.78, 5) is -0.0296. The second-order valence-electron chi connectivity index (χ2n) is 3.09. The first kappa shape index (κ1) is 8.48. The van der Waals surface area contributed by atoms with Crippen LogP contribution in [0, 0.1) is 12.3 Å². The van der Waals surface area contributed by atoms with E-state index in [1.165, 1.54) is 12.1 Å². The van der Waals surface area contributed by atoms with Crippen LogP contribution in [0.2, 0.25) is 0 Å². The number of ether oxygens (including phenoxy) is 1. The lowest BCUT2D eigenvalue weighted by Gasteiger charge is -2.10. The molecule has 4 nitrogen and oxygen atoms in total. The van der Waals surface area contributed by atoms with Gasteiger partial charge in [0, 0.05) is 12.3 Å². The molecule has 16 heavy (non-hydrogen) atoms. The van der Waals surface area contributed by atoms with E-state index in [1.807, 2.05) is 0 Å². The maximum Gasteiger partial charge on any atom is 0.175 e. The standard InChI is InChI=1S/C11H13NO3S/c1-4-7-12-10-6-5-9(16(3,13)14)8-11(10)15-2/h1,5-6,8,12H,7H2,2-3H3/i2D3. The van der Waals surface area contributed by atoms with Crippen LogP contribution in [-0.2, 0) is 9.84 Å². The number of anilines is 1. The van der Waals surface area contributed by atoms with E-state index in [4.69, 9.17) is 15.3 Å². The average Bonchev–Trinajstić information content (AvgIpc) is 2.24. The van der Waals surface area contributed by atoms with Gasteiger partial charge in [-0.2, -0.15) is 0 Å². The van der Waals surface area contributed by atoms with Crippen LogP contribution in [0.25, 0.3) is 0 Å². The van der Waals surface area contributed by atoms with Gasteiger partial charge in [0.1, 0.15) is 5.75 Å². The zero-order valence-electron chi connectivity index (χ0n) is 11.6. The Balaban J connectivity index is 3.23. The van der Waals surface area contributed by atoms with E-state index in [-0.39, 0.29) is 17.2 Å². The maximum atomic E-state index is 11.4. The number of hydrogen-bond acceptors (Lipinski definition) is 4. The first-order chi connectivity index (χ1) is 8.63. The van der Waals surface area contributed by atoms with E-state index >= 15 is 0 Å². The van der Waals surface area contributed by atoms with Crippen molar-refractivity contribution < 1.29 is 17.3 Å². The summed E-state index contributed by atoms with van der Waals surface area (Å²) in [5.41, 5.74) is 0.321. The number of hydrogen-bond donors (Lipinski definition) is 1. The Morgan fingerprint density at radius 1 is 1.62 bits per heavy atom. The smallest absolute Gasteiger partial charge is 0.175 e. The Hall–Kier alpha value is -1.67. The third-order valence-corrected chi connectivity index (χ3v) is 2.98. The van der Waals surface area contributed by atoms with Crippen molar-refractivity contribution in [3.63, 3.8) is 0 Å². The van der Waals surface area contributed by atoms with E-state index in [9.17, 15) is 8.42 Å². The highest BCUT2D eigenvalue weighted by Crippen LogP contribution is 2.27. The van der Waals surface area contributed by atoms with E-state index in [2.05, 4.69) is 11.2 Å². The minimum Gasteiger partial charge on any atom is -0.495 e. The quantitative estimate of drug-likeness (QED) is 0.805. The fourth-order valence-electron chi connectivity index (χ4n) is 1.11. The fraction of sp³-hybridized carbons (Fsp3) is 0.273. The lowest BCUT2D eigenvalue weighted by Crippen LogP contribution is -2.03. The predicted molar refractivity (Wildman–Crippen MR) is 63.4 cm³/mol. The Morgan fingerprint density at radius 2 is 2.38 bits per heavy atom. The fourth-order valence-corrected chi connectivity index (χ4v) is 1.75. The van der Waals surface area contributed by atoms with E-state index in [0.29, 0.717) is 5.69 Å². The van der Waals surface area contributed by atoms with Gasteiger partial charge in [0.2, 0.25) is 0 Å². The van der Waals surface area contributed by atoms with Gasteiger partial charge in [0.15, 0.2) is 9.84 Å². The van der Waals surface area contributed by atoms with Gasteiger partial charge in [0.25, 0.3) is 0 Å². The van der Waals surface area contributed by atoms with Crippen molar-refractivity contribution >= 4 is 15.5 Å². The van der Waals surface area contributed by atoms with Gasteiger partial charge in [0.05, 0.1) is 28.3 Å². The minimum absolute atomic E-state index is 0.0296. The molecule has 0 heterocycles. The van der Waals surface area contributed by atoms with Crippen LogP contribution in [0.1, 0.15) is 4.11 Å². The molecule has 0 radical (unpaired) electrons. The molecule has 5 heteroatoms. The Bertz CT molecular complexity index is 603. The van der Waals surface area contributed by atoms with Crippen LogP contribution in [0.5, 0.6) is 5.75 Å². The number of nitrogens with one attached hydrogen (secondary N) is 1. The zero-order chi connectivity index (χ0) is 14.7. The van der Waals surface area contributed by atoms with Crippen LogP contribution >= 0.6 is 0 Å². The van der Waals surface area contributed by atoms with Crippen molar-refractivity contribution in [1.29, 1.82) is 0 Å². The molecule has 0 fully saturated rings. The monoisotopic (exact) mass is 242 g/mol. The predicted octanol–water partition coefficient (Wildman–Crippen LogP) is 1.14. The summed E-state index contributed by atoms with van der Waals surface area (Å²) in [6.45, 7) is 0.162. The molecule has 0 aliphatic heterocycles. The minimum atomic E-state index is -3.45. The average molecular weight is 242 g/mol. The van der Waals surface area contributed by atoms with Gasteiger partial charge in [-0.1, -0.05) is 5.92 Å². The molecule has 0 saturated carbocycles. The molecule has 0 saturated heterocycles. The summed E-state index contributed by atoms with van der Waals surface area (Å²) in [5.74, 6) is 2.24. The number of terminal acetylenes is 1. The third-order valence-electron chi connectivity index (χ3n) is 1.87. The third kappa shape index (κ3) is 2.91. The van der Waals surface area contributed by atoms with Crippen molar-refractivity contribution in [2.75, 3.05) is 25.2 Å². The molecule has 86 valence electrons. The normalized spacial score (nSPS) is 14.1. The van der Waals surface area contributed by atoms with Crippen LogP contribution in [0.3, 0.4) is 0 Å². The summed E-state index contributed by atoms with van der Waals surface area (Å²) in [5, 5.41) is 2.76. The van der Waals surface area contributed by atoms with Gasteiger partial charge < -0.3 is 10.1 Å². The molecule has 1 aromatic rings. The molecule has 0 aliphatic carbocycles. The van der Waals surface area contributed by atoms with Gasteiger partial charge in [-0.05, 0) is 12.1 Å². The lowest BCUT2D eigenvalue weighted by atomic mass is 10.3. The Labute approximate surface area is 99.8 Å². The van der Waals surface area contributed by atoms with Crippen LogP contribution in [-0.4, -0.2) is 28.3 Å². The summed E-state index contributed by atoms with van der Waals surface area (Å²) < 4.78 is 48.8. The Kier molecular flexibility index (Phi) is 2.60. The highest BCUT2D eigenvalue weighted by Gasteiger charge is 2.10. The van der Waals surface area contributed by atoms with Crippen LogP contribution in [0.15, 0.2) is 23.1 Å². The van der Waals surface area contributed by atoms with E-state index in [0.717, 1.165) is 12.3 Å². The van der Waals surface area contributed by atoms with Gasteiger partial charge in [-0.3, -0.25) is 0 Å². The van der Waals surface area contributed by atoms with E-state index in [1.54, 1.807) is 0 Å². The van der Waals surface area contributed by atoms with E-state index < -0.39 is 16.9 Å². The van der Waals surface area contributed by atoms with Gasteiger partial charge in [-0.15, -0.1) is 6.42 Å².